The van der Waals surface area contributed by atoms with E-state index in [2.05, 4.69) is 12.2 Å². The van der Waals surface area contributed by atoms with Gasteiger partial charge in [0.05, 0.1) is 29.2 Å². The first-order chi connectivity index (χ1) is 16.2. The lowest BCUT2D eigenvalue weighted by Gasteiger charge is -2.41. The lowest BCUT2D eigenvalue weighted by molar-refractivity contribution is -0.148. The van der Waals surface area contributed by atoms with E-state index in [-0.39, 0.29) is 41.5 Å². The predicted octanol–water partition coefficient (Wildman–Crippen LogP) is 2.31. The lowest BCUT2D eigenvalue weighted by atomic mass is 9.78. The van der Waals surface area contributed by atoms with E-state index in [9.17, 15) is 19.5 Å². The molecule has 0 bridgehead atoms. The molecule has 4 aliphatic rings. The van der Waals surface area contributed by atoms with E-state index in [4.69, 9.17) is 0 Å². The Morgan fingerprint density at radius 1 is 1.09 bits per heavy atom. The van der Waals surface area contributed by atoms with Gasteiger partial charge in [-0.05, 0) is 26.2 Å². The predicted molar refractivity (Wildman–Crippen MR) is 134 cm³/mol. The van der Waals surface area contributed by atoms with Gasteiger partial charge in [0.15, 0.2) is 0 Å². The highest BCUT2D eigenvalue weighted by molar-refractivity contribution is 8.02. The van der Waals surface area contributed by atoms with Crippen LogP contribution in [-0.4, -0.2) is 91.9 Å². The number of nitrogens with zero attached hydrogens (tertiary/aromatic N) is 3. The minimum atomic E-state index is -0.816. The lowest BCUT2D eigenvalue weighted by Crippen LogP contribution is -2.58. The second-order valence-corrected chi connectivity index (χ2v) is 11.9. The van der Waals surface area contributed by atoms with Gasteiger partial charge in [-0.25, -0.2) is 0 Å². The molecule has 0 aromatic heterocycles. The average molecular weight is 490 g/mol. The van der Waals surface area contributed by atoms with E-state index >= 15 is 0 Å². The zero-order valence-electron chi connectivity index (χ0n) is 21.0. The van der Waals surface area contributed by atoms with Gasteiger partial charge in [0.25, 0.3) is 0 Å². The zero-order valence-corrected chi connectivity index (χ0v) is 21.8. The molecule has 0 aromatic rings. The van der Waals surface area contributed by atoms with Gasteiger partial charge in [0, 0.05) is 30.9 Å². The molecule has 34 heavy (non-hydrogen) atoms. The van der Waals surface area contributed by atoms with Gasteiger partial charge in [-0.2, -0.15) is 0 Å². The van der Waals surface area contributed by atoms with Crippen LogP contribution in [0.2, 0.25) is 0 Å². The van der Waals surface area contributed by atoms with E-state index in [1.165, 1.54) is 0 Å². The first-order valence-corrected chi connectivity index (χ1v) is 13.7. The van der Waals surface area contributed by atoms with Crippen molar-refractivity contribution in [2.24, 2.45) is 17.8 Å². The van der Waals surface area contributed by atoms with Crippen molar-refractivity contribution in [2.45, 2.75) is 75.6 Å². The molecule has 4 rings (SSSR count). The van der Waals surface area contributed by atoms with E-state index in [1.54, 1.807) is 16.7 Å². The van der Waals surface area contributed by atoms with Crippen LogP contribution >= 0.6 is 11.8 Å². The van der Waals surface area contributed by atoms with Crippen molar-refractivity contribution >= 4 is 29.5 Å². The van der Waals surface area contributed by atoms with Crippen LogP contribution in [-0.2, 0) is 14.4 Å². The van der Waals surface area contributed by atoms with Crippen molar-refractivity contribution in [3.8, 4) is 0 Å². The number of aliphatic hydroxyl groups is 1. The Balaban J connectivity index is 1.87. The summed E-state index contributed by atoms with van der Waals surface area (Å²) in [6.07, 6.45) is 9.81. The van der Waals surface area contributed by atoms with Gasteiger partial charge in [0.2, 0.25) is 17.7 Å². The Kier molecular flexibility index (Phi) is 7.21. The quantitative estimate of drug-likeness (QED) is 0.555. The molecule has 4 aliphatic heterocycles. The number of likely N-dealkylation sites (tertiary alicyclic amines) is 1. The van der Waals surface area contributed by atoms with Crippen molar-refractivity contribution in [1.29, 1.82) is 0 Å². The highest BCUT2D eigenvalue weighted by Crippen LogP contribution is 2.61. The normalized spacial score (nSPS) is 34.8. The molecule has 1 unspecified atom stereocenters. The van der Waals surface area contributed by atoms with Crippen LogP contribution in [0.15, 0.2) is 24.3 Å². The third kappa shape index (κ3) is 3.72. The molecule has 188 valence electrons. The Bertz CT molecular complexity index is 889. The summed E-state index contributed by atoms with van der Waals surface area (Å²) in [5.41, 5.74) is 0. The van der Waals surface area contributed by atoms with Crippen molar-refractivity contribution in [3.05, 3.63) is 24.3 Å². The summed E-state index contributed by atoms with van der Waals surface area (Å²) in [5.74, 6) is -1.33. The molecule has 2 saturated heterocycles. The summed E-state index contributed by atoms with van der Waals surface area (Å²) in [7, 11) is 0. The Morgan fingerprint density at radius 2 is 1.82 bits per heavy atom. The van der Waals surface area contributed by atoms with E-state index in [0.29, 0.717) is 19.6 Å². The minimum Gasteiger partial charge on any atom is -0.394 e. The number of hydrogen-bond acceptors (Lipinski definition) is 5. The molecular weight excluding hydrogens is 450 g/mol. The zero-order chi connectivity index (χ0) is 24.8. The number of rotatable bonds is 7. The highest BCUT2D eigenvalue weighted by Gasteiger charge is 2.72. The summed E-state index contributed by atoms with van der Waals surface area (Å²) >= 11 is 1.61. The molecule has 0 aliphatic carbocycles. The molecule has 0 aromatic carbocycles. The van der Waals surface area contributed by atoms with E-state index in [1.807, 2.05) is 56.6 Å². The number of carbonyl (C=O) groups is 3. The topological polar surface area (TPSA) is 81.2 Å². The number of aliphatic hydroxyl groups excluding tert-OH is 1. The summed E-state index contributed by atoms with van der Waals surface area (Å²) in [6, 6.07) is -1.20. The highest BCUT2D eigenvalue weighted by atomic mass is 32.2. The molecule has 1 N–H and O–H groups in total. The summed E-state index contributed by atoms with van der Waals surface area (Å²) in [6.45, 7) is 11.6. The standard InChI is InChI=1S/C26H39N3O4S/c1-6-12-27-13-8-10-19-20(23(27)31)21-24(32)29(18(15-30)17(5)7-2)22-25(33)28(16(3)4)14-9-11-26(21,22)34-19/h8-11,16-22,30H,6-7,12-15H2,1-5H3/t17-,18-,19+,20-,21-,22?,26-/m0/s1. The molecule has 8 heteroatoms. The van der Waals surface area contributed by atoms with Crippen LogP contribution in [0.4, 0.5) is 0 Å². The first kappa shape index (κ1) is 25.3. The molecule has 0 saturated carbocycles. The maximum Gasteiger partial charge on any atom is 0.247 e. The van der Waals surface area contributed by atoms with Crippen molar-refractivity contribution < 1.29 is 19.5 Å². The molecule has 7 nitrogen and oxygen atoms in total. The summed E-state index contributed by atoms with van der Waals surface area (Å²) < 4.78 is -0.816. The smallest absolute Gasteiger partial charge is 0.247 e. The molecular formula is C26H39N3O4S. The number of thioether (sulfide) groups is 1. The van der Waals surface area contributed by atoms with Crippen LogP contribution < -0.4 is 0 Å². The van der Waals surface area contributed by atoms with Crippen LogP contribution in [0, 0.1) is 17.8 Å². The molecule has 7 atom stereocenters. The van der Waals surface area contributed by atoms with Gasteiger partial charge in [-0.15, -0.1) is 11.8 Å². The summed E-state index contributed by atoms with van der Waals surface area (Å²) in [4.78, 5) is 47.5. The van der Waals surface area contributed by atoms with Crippen LogP contribution in [0.5, 0.6) is 0 Å². The van der Waals surface area contributed by atoms with Crippen LogP contribution in [0.25, 0.3) is 0 Å². The third-order valence-corrected chi connectivity index (χ3v) is 9.92. The van der Waals surface area contributed by atoms with Gasteiger partial charge in [-0.3, -0.25) is 14.4 Å². The van der Waals surface area contributed by atoms with Crippen molar-refractivity contribution in [3.63, 3.8) is 0 Å². The third-order valence-electron chi connectivity index (χ3n) is 8.17. The Labute approximate surface area is 207 Å². The number of fused-ring (bicyclic) bond motifs is 2. The van der Waals surface area contributed by atoms with Gasteiger partial charge >= 0.3 is 0 Å². The van der Waals surface area contributed by atoms with E-state index in [0.717, 1.165) is 12.8 Å². The maximum atomic E-state index is 14.3. The molecule has 3 amide bonds. The van der Waals surface area contributed by atoms with E-state index < -0.39 is 28.7 Å². The van der Waals surface area contributed by atoms with Crippen LogP contribution in [0.1, 0.15) is 47.5 Å². The summed E-state index contributed by atoms with van der Waals surface area (Å²) in [5, 5.41) is 10.3. The average Bonchev–Trinajstić information content (AvgIpc) is 3.12. The SMILES string of the molecule is CCCN1CC=C[C@H]2S[C@]34C=CCN(C(C)C)C(=O)C3N([C@@H](CO)[C@@H](C)CC)C(=O)[C@@H]4[C@H]2C1=O. The second kappa shape index (κ2) is 9.69. The Hall–Kier alpha value is -1.80. The maximum absolute atomic E-state index is 14.3. The fraction of sp³-hybridized carbons (Fsp3) is 0.731. The van der Waals surface area contributed by atoms with Crippen LogP contribution in [0.3, 0.4) is 0 Å². The van der Waals surface area contributed by atoms with Crippen molar-refractivity contribution in [1.82, 2.24) is 14.7 Å². The van der Waals surface area contributed by atoms with Gasteiger partial charge in [-0.1, -0.05) is 51.5 Å². The fourth-order valence-electron chi connectivity index (χ4n) is 6.25. The number of hydrogen-bond donors (Lipinski definition) is 1. The molecule has 4 heterocycles. The number of carbonyl (C=O) groups excluding carboxylic acids is 3. The van der Waals surface area contributed by atoms with Gasteiger partial charge < -0.3 is 19.8 Å². The largest absolute Gasteiger partial charge is 0.394 e. The minimum absolute atomic E-state index is 0.00933. The molecule has 2 fully saturated rings. The number of amides is 3. The second-order valence-electron chi connectivity index (χ2n) is 10.4. The van der Waals surface area contributed by atoms with Crippen molar-refractivity contribution in [2.75, 3.05) is 26.2 Å². The Morgan fingerprint density at radius 3 is 2.44 bits per heavy atom. The fourth-order valence-corrected chi connectivity index (χ4v) is 8.25. The first-order valence-electron chi connectivity index (χ1n) is 12.8. The monoisotopic (exact) mass is 489 g/mol. The van der Waals surface area contributed by atoms with Gasteiger partial charge in [0.1, 0.15) is 6.04 Å². The molecule has 1 spiro atoms. The molecule has 0 radical (unpaired) electrons.